The number of carbonyl (C=O) groups is 1. The molecule has 1 N–H and O–H groups in total. The topological polar surface area (TPSA) is 54.5 Å². The zero-order valence-corrected chi connectivity index (χ0v) is 15.1. The fourth-order valence-electron chi connectivity index (χ4n) is 3.26. The number of amides is 1. The van der Waals surface area contributed by atoms with E-state index in [2.05, 4.69) is 17.2 Å². The average molecular weight is 339 g/mol. The summed E-state index contributed by atoms with van der Waals surface area (Å²) in [4.78, 5) is 18.9. The van der Waals surface area contributed by atoms with Gasteiger partial charge >= 0.3 is 0 Å². The molecule has 1 saturated heterocycles. The number of piperidine rings is 1. The van der Waals surface area contributed by atoms with Crippen molar-refractivity contribution < 1.29 is 9.53 Å². The Balaban J connectivity index is 1.80. The quantitative estimate of drug-likeness (QED) is 0.914. The fourth-order valence-corrected chi connectivity index (χ4v) is 3.26. The van der Waals surface area contributed by atoms with Gasteiger partial charge in [0, 0.05) is 19.3 Å². The van der Waals surface area contributed by atoms with Crippen molar-refractivity contribution in [3.05, 3.63) is 47.8 Å². The summed E-state index contributed by atoms with van der Waals surface area (Å²) in [6.07, 6.45) is 5.62. The number of rotatable bonds is 4. The second kappa shape index (κ2) is 7.55. The third-order valence-corrected chi connectivity index (χ3v) is 4.56. The first kappa shape index (κ1) is 17.3. The molecule has 1 aliphatic rings. The van der Waals surface area contributed by atoms with E-state index in [1.807, 2.05) is 36.1 Å². The highest BCUT2D eigenvalue weighted by molar-refractivity contribution is 5.95. The van der Waals surface area contributed by atoms with Crippen LogP contribution in [0, 0.1) is 12.8 Å². The normalized spacial score (nSPS) is 17.2. The molecule has 1 aromatic carbocycles. The first-order chi connectivity index (χ1) is 12.1. The molecular weight excluding hydrogens is 314 g/mol. The number of aryl methyl sites for hydroxylation is 1. The summed E-state index contributed by atoms with van der Waals surface area (Å²) >= 11 is 0. The Labute approximate surface area is 149 Å². The molecule has 1 aliphatic heterocycles. The standard InChI is InChI=1S/C20H25N3O2/c1-14-6-7-19(25-3)18(9-14)22-17-10-16(11-21-12-17)20(24)23-8-4-5-15(2)13-23/h6-7,9-12,15,22H,4-5,8,13H2,1-3H3. The smallest absolute Gasteiger partial charge is 0.255 e. The van der Waals surface area contributed by atoms with E-state index in [1.165, 1.54) is 6.42 Å². The lowest BCUT2D eigenvalue weighted by molar-refractivity contribution is 0.0682. The van der Waals surface area contributed by atoms with Gasteiger partial charge in [-0.2, -0.15) is 0 Å². The fraction of sp³-hybridized carbons (Fsp3) is 0.400. The summed E-state index contributed by atoms with van der Waals surface area (Å²) < 4.78 is 5.40. The van der Waals surface area contributed by atoms with E-state index in [0.717, 1.165) is 42.2 Å². The average Bonchev–Trinajstić information content (AvgIpc) is 2.61. The number of hydrogen-bond donors (Lipinski definition) is 1. The van der Waals surface area contributed by atoms with Gasteiger partial charge in [-0.15, -0.1) is 0 Å². The van der Waals surface area contributed by atoms with E-state index in [0.29, 0.717) is 11.5 Å². The van der Waals surface area contributed by atoms with Crippen molar-refractivity contribution in [3.63, 3.8) is 0 Å². The minimum Gasteiger partial charge on any atom is -0.495 e. The molecule has 0 bridgehead atoms. The molecule has 1 unspecified atom stereocenters. The minimum atomic E-state index is 0.0545. The Kier molecular flexibility index (Phi) is 5.22. The van der Waals surface area contributed by atoms with E-state index >= 15 is 0 Å². The van der Waals surface area contributed by atoms with Crippen molar-refractivity contribution in [1.82, 2.24) is 9.88 Å². The molecule has 1 fully saturated rings. The monoisotopic (exact) mass is 339 g/mol. The number of likely N-dealkylation sites (tertiary alicyclic amines) is 1. The number of benzene rings is 1. The number of aromatic nitrogens is 1. The Morgan fingerprint density at radius 3 is 2.92 bits per heavy atom. The second-order valence-electron chi connectivity index (χ2n) is 6.79. The maximum absolute atomic E-state index is 12.8. The lowest BCUT2D eigenvalue weighted by Gasteiger charge is -2.31. The van der Waals surface area contributed by atoms with Crippen LogP contribution >= 0.6 is 0 Å². The predicted molar refractivity (Wildman–Crippen MR) is 99.6 cm³/mol. The van der Waals surface area contributed by atoms with Crippen molar-refractivity contribution in [3.8, 4) is 5.75 Å². The third-order valence-electron chi connectivity index (χ3n) is 4.56. The van der Waals surface area contributed by atoms with Gasteiger partial charge in [0.2, 0.25) is 0 Å². The van der Waals surface area contributed by atoms with Crippen LogP contribution in [0.4, 0.5) is 11.4 Å². The molecule has 1 amide bonds. The van der Waals surface area contributed by atoms with Gasteiger partial charge in [0.25, 0.3) is 5.91 Å². The zero-order valence-electron chi connectivity index (χ0n) is 15.1. The van der Waals surface area contributed by atoms with E-state index in [9.17, 15) is 4.79 Å². The van der Waals surface area contributed by atoms with Gasteiger partial charge in [0.15, 0.2) is 0 Å². The molecule has 1 atom stereocenters. The Hall–Kier alpha value is -2.56. The summed E-state index contributed by atoms with van der Waals surface area (Å²) in [5.74, 6) is 1.37. The molecule has 2 aromatic rings. The van der Waals surface area contributed by atoms with E-state index in [1.54, 1.807) is 19.5 Å². The van der Waals surface area contributed by atoms with E-state index < -0.39 is 0 Å². The number of methoxy groups -OCH3 is 1. The van der Waals surface area contributed by atoms with E-state index in [-0.39, 0.29) is 5.91 Å². The molecule has 1 aromatic heterocycles. The molecule has 5 heteroatoms. The number of anilines is 2. The highest BCUT2D eigenvalue weighted by Crippen LogP contribution is 2.29. The van der Waals surface area contributed by atoms with Crippen molar-refractivity contribution in [1.29, 1.82) is 0 Å². The molecule has 0 saturated carbocycles. The van der Waals surface area contributed by atoms with Gasteiger partial charge < -0.3 is 15.0 Å². The molecule has 2 heterocycles. The Bertz CT molecular complexity index is 760. The summed E-state index contributed by atoms with van der Waals surface area (Å²) in [5.41, 5.74) is 3.39. The zero-order chi connectivity index (χ0) is 17.8. The first-order valence-corrected chi connectivity index (χ1v) is 8.73. The van der Waals surface area contributed by atoms with Gasteiger partial charge in [-0.25, -0.2) is 0 Å². The second-order valence-corrected chi connectivity index (χ2v) is 6.79. The lowest BCUT2D eigenvalue weighted by atomic mass is 10.00. The van der Waals surface area contributed by atoms with Crippen LogP contribution in [0.15, 0.2) is 36.7 Å². The lowest BCUT2D eigenvalue weighted by Crippen LogP contribution is -2.39. The van der Waals surface area contributed by atoms with Gasteiger partial charge in [-0.05, 0) is 49.4 Å². The molecule has 0 aliphatic carbocycles. The van der Waals surface area contributed by atoms with Gasteiger partial charge in [0.1, 0.15) is 5.75 Å². The molecule has 25 heavy (non-hydrogen) atoms. The number of pyridine rings is 1. The van der Waals surface area contributed by atoms with Crippen LogP contribution in [-0.2, 0) is 0 Å². The van der Waals surface area contributed by atoms with Crippen LogP contribution in [0.3, 0.4) is 0 Å². The molecule has 132 valence electrons. The van der Waals surface area contributed by atoms with Gasteiger partial charge in [-0.3, -0.25) is 9.78 Å². The maximum atomic E-state index is 12.8. The largest absolute Gasteiger partial charge is 0.495 e. The van der Waals surface area contributed by atoms with Crippen LogP contribution in [0.5, 0.6) is 5.75 Å². The summed E-state index contributed by atoms with van der Waals surface area (Å²) in [5, 5.41) is 3.31. The number of hydrogen-bond acceptors (Lipinski definition) is 4. The molecule has 3 rings (SSSR count). The Morgan fingerprint density at radius 2 is 2.16 bits per heavy atom. The first-order valence-electron chi connectivity index (χ1n) is 8.73. The van der Waals surface area contributed by atoms with E-state index in [4.69, 9.17) is 4.74 Å². The number of carbonyl (C=O) groups excluding carboxylic acids is 1. The highest BCUT2D eigenvalue weighted by atomic mass is 16.5. The predicted octanol–water partition coefficient (Wildman–Crippen LogP) is 4.01. The van der Waals surface area contributed by atoms with Crippen molar-refractivity contribution >= 4 is 17.3 Å². The summed E-state index contributed by atoms with van der Waals surface area (Å²) in [7, 11) is 1.64. The van der Waals surface area contributed by atoms with Crippen LogP contribution in [0.1, 0.15) is 35.7 Å². The van der Waals surface area contributed by atoms with Crippen molar-refractivity contribution in [2.24, 2.45) is 5.92 Å². The van der Waals surface area contributed by atoms with Gasteiger partial charge in [-0.1, -0.05) is 13.0 Å². The molecule has 0 spiro atoms. The minimum absolute atomic E-state index is 0.0545. The van der Waals surface area contributed by atoms with Crippen LogP contribution in [0.2, 0.25) is 0 Å². The number of nitrogens with one attached hydrogen (secondary N) is 1. The molecular formula is C20H25N3O2. The van der Waals surface area contributed by atoms with Crippen molar-refractivity contribution in [2.45, 2.75) is 26.7 Å². The third kappa shape index (κ3) is 4.10. The summed E-state index contributed by atoms with van der Waals surface area (Å²) in [6.45, 7) is 5.87. The summed E-state index contributed by atoms with van der Waals surface area (Å²) in [6, 6.07) is 7.80. The van der Waals surface area contributed by atoms with Crippen molar-refractivity contribution in [2.75, 3.05) is 25.5 Å². The Morgan fingerprint density at radius 1 is 1.32 bits per heavy atom. The number of nitrogens with zero attached hydrogens (tertiary/aromatic N) is 2. The van der Waals surface area contributed by atoms with Crippen LogP contribution < -0.4 is 10.1 Å². The number of ether oxygens (including phenoxy) is 1. The molecule has 0 radical (unpaired) electrons. The van der Waals surface area contributed by atoms with Crippen LogP contribution in [0.25, 0.3) is 0 Å². The SMILES string of the molecule is COc1ccc(C)cc1Nc1cncc(C(=O)N2CCCC(C)C2)c1. The molecule has 5 nitrogen and oxygen atoms in total. The maximum Gasteiger partial charge on any atom is 0.255 e. The van der Waals surface area contributed by atoms with Gasteiger partial charge in [0.05, 0.1) is 30.2 Å². The highest BCUT2D eigenvalue weighted by Gasteiger charge is 2.22. The van der Waals surface area contributed by atoms with Crippen LogP contribution in [-0.4, -0.2) is 36.0 Å².